The van der Waals surface area contributed by atoms with Crippen LogP contribution in [0.1, 0.15) is 251 Å². The van der Waals surface area contributed by atoms with E-state index in [2.05, 4.69) is 73.2 Å². The molecule has 15 atom stereocenters. The summed E-state index contributed by atoms with van der Waals surface area (Å²) in [4.78, 5) is 212. The number of allylic oxidation sites excluding steroid dienone is 3. The lowest BCUT2D eigenvalue weighted by molar-refractivity contribution is -0.157. The third-order valence-corrected chi connectivity index (χ3v) is 36.1. The molecule has 9 heterocycles. The highest BCUT2D eigenvalue weighted by Crippen LogP contribution is 2.50. The van der Waals surface area contributed by atoms with E-state index in [1.54, 1.807) is 23.6 Å². The summed E-state index contributed by atoms with van der Waals surface area (Å²) in [6.07, 6.45) is 15.5. The van der Waals surface area contributed by atoms with Crippen molar-refractivity contribution < 1.29 is 125 Å². The van der Waals surface area contributed by atoms with Gasteiger partial charge in [0.25, 0.3) is 17.7 Å². The van der Waals surface area contributed by atoms with Gasteiger partial charge in [0, 0.05) is 75.9 Å². The first-order valence-corrected chi connectivity index (χ1v) is 56.6. The Bertz CT molecular complexity index is 6330. The zero-order chi connectivity index (χ0) is 107. The molecule has 9 N–H and O–H groups in total. The van der Waals surface area contributed by atoms with Crippen LogP contribution < -0.4 is 46.1 Å². The van der Waals surface area contributed by atoms with Crippen molar-refractivity contribution in [3.8, 4) is 0 Å². The van der Waals surface area contributed by atoms with Crippen molar-refractivity contribution in [3.05, 3.63) is 161 Å². The van der Waals surface area contributed by atoms with Gasteiger partial charge in [-0.1, -0.05) is 143 Å². The fourth-order valence-electron chi connectivity index (χ4n) is 21.3. The highest BCUT2D eigenvalue weighted by atomic mass is 32.2. The molecule has 6 aliphatic carbocycles. The Hall–Kier alpha value is -12.8. The number of halogens is 3. The van der Waals surface area contributed by atoms with Crippen molar-refractivity contribution in [2.24, 2.45) is 23.7 Å². The first-order valence-electron chi connectivity index (χ1n) is 51.9. The third kappa shape index (κ3) is 25.5. The minimum Gasteiger partial charge on any atom is -0.444 e. The van der Waals surface area contributed by atoms with Gasteiger partial charge >= 0.3 is 24.5 Å². The number of nitrogens with zero attached hydrogens (tertiary/aromatic N) is 6. The largest absolute Gasteiger partial charge is 0.444 e. The molecule has 9 fully saturated rings. The maximum Gasteiger partial charge on any atom is 0.410 e. The summed E-state index contributed by atoms with van der Waals surface area (Å²) in [5, 5.41) is 14.0. The number of hydrogen-bond donors (Lipinski definition) is 9. The third-order valence-electron chi connectivity index (χ3n) is 30.7. The van der Waals surface area contributed by atoms with Crippen LogP contribution in [0.15, 0.2) is 111 Å². The van der Waals surface area contributed by atoms with Gasteiger partial charge < -0.3 is 60.8 Å². The lowest BCUT2D eigenvalue weighted by atomic mass is 10.0. The maximum absolute atomic E-state index is 14.2. The molecule has 18 rings (SSSR count). The highest BCUT2D eigenvalue weighted by Gasteiger charge is 2.66. The fourth-order valence-corrected chi connectivity index (χ4v) is 25.4. The van der Waals surface area contributed by atoms with Gasteiger partial charge in [-0.25, -0.2) is 39.6 Å². The quantitative estimate of drug-likeness (QED) is 0.0318. The first kappa shape index (κ1) is 110. The van der Waals surface area contributed by atoms with Crippen LogP contribution in [-0.4, -0.2) is 257 Å². The molecule has 12 bridgehead atoms. The molecule has 9 aliphatic heterocycles. The molecule has 6 saturated carbocycles. The molecule has 810 valence electrons. The number of rotatable bonds is 23. The number of amides is 15. The van der Waals surface area contributed by atoms with Crippen LogP contribution in [0.25, 0.3) is 18.2 Å². The second-order valence-corrected chi connectivity index (χ2v) is 48.1. The molecule has 0 spiro atoms. The fraction of sp³-hybridized carbons (Fsp3) is 0.571. The van der Waals surface area contributed by atoms with Crippen molar-refractivity contribution in [3.63, 3.8) is 0 Å². The molecule has 15 amide bonds. The van der Waals surface area contributed by atoms with Crippen LogP contribution >= 0.6 is 0 Å². The van der Waals surface area contributed by atoms with Gasteiger partial charge in [-0.3, -0.25) is 86.4 Å². The second-order valence-electron chi connectivity index (χ2n) is 42.2. The number of unbranched alkanes of at least 4 members (excludes halogenated alkanes) is 1. The van der Waals surface area contributed by atoms with Crippen LogP contribution in [-0.2, 0) is 141 Å². The van der Waals surface area contributed by atoms with E-state index < -0.39 is 231 Å². The highest BCUT2D eigenvalue weighted by molar-refractivity contribution is 7.91. The number of benzene rings is 3. The zero-order valence-corrected chi connectivity index (χ0v) is 86.7. The minimum atomic E-state index is -4.87. The average Bonchev–Trinajstić information content (AvgIpc) is 1.58. The van der Waals surface area contributed by atoms with E-state index >= 15 is 0 Å². The predicted octanol–water partition coefficient (Wildman–Crippen LogP) is 8.35. The van der Waals surface area contributed by atoms with E-state index in [-0.39, 0.29) is 102 Å². The molecule has 0 radical (unpaired) electrons. The minimum absolute atomic E-state index is 0.00715. The van der Waals surface area contributed by atoms with Crippen molar-refractivity contribution in [2.45, 2.75) is 333 Å². The van der Waals surface area contributed by atoms with E-state index in [1.165, 1.54) is 32.9 Å². The summed E-state index contributed by atoms with van der Waals surface area (Å²) >= 11 is 0. The Kier molecular flexibility index (Phi) is 33.2. The van der Waals surface area contributed by atoms with Crippen molar-refractivity contribution in [2.75, 3.05) is 19.6 Å². The van der Waals surface area contributed by atoms with Gasteiger partial charge in [0.1, 0.15) is 71.2 Å². The Morgan fingerprint density at radius 1 is 0.447 bits per heavy atom. The van der Waals surface area contributed by atoms with Crippen LogP contribution in [0, 0.1) is 23.7 Å². The summed E-state index contributed by atoms with van der Waals surface area (Å²) in [5.74, 6) is -10.6. The standard InChI is InChI=1S/C36H47N5O8S.C35H45N5O8S.C34H40F3N5O8S/c1-3-5-14-29-33(44)41-21-26(18-30(41)32(43)38-36(19-25(36)4-2)34(45)39-50(47,48)27-16-17-27)49-35(46)40-20-24-13-10-12-23(28(24)22-40)11-8-6-7-9-15-31(42)37-29;1-4-24-17-35(24,33(44)38-49(46,47)26-14-15-26)37-31(42)28-16-25-19-40(28)32(43)30(21(2)3)36-29(41)13-8-6-5-7-10-22-11-9-12-23-18-39(20-27(22)23)34(45)48-25;1-2-22-15-33(22,31(46)40-51(48,49)24-12-13-24)39-29(44)27-14-23-18-42(27)30(45)26(16-34(35,36)37)38-28(43)11-6-4-3-5-8-20-9-7-10-21-17-41(19-25(20)21)32(47)50-23/h4,8,10-13,25-27,29-30H,2-3,5-7,9,14-22H2,1H3,(H,37,42)(H,38,43)(H,39,45);4,7,9-12,21,24-26,28,30H,1,5-6,8,13-20H2,2-3H3,(H,36,41)(H,37,42)(H,38,44);2,5,7-10,22-24,26-27H,1,3-4,6,11-19H2,(H,38,43)(H,39,44)(H,40,46)/b11-8+;10-7+;8-5+/t25-,26-,29+,30+,36-;24-,25-,28+,30+,35-;22-,23-,26+,27+,33-/m111/s1. The van der Waals surface area contributed by atoms with E-state index in [0.29, 0.717) is 110 Å². The molecule has 45 heteroatoms. The Balaban J connectivity index is 0.000000160. The van der Waals surface area contributed by atoms with Gasteiger partial charge in [0.05, 0.1) is 61.4 Å². The van der Waals surface area contributed by atoms with Crippen molar-refractivity contribution in [1.82, 2.24) is 75.5 Å². The lowest BCUT2D eigenvalue weighted by Gasteiger charge is -2.31. The number of alkyl halides is 3. The summed E-state index contributed by atoms with van der Waals surface area (Å²) in [5.41, 5.74) is 4.03. The molecule has 3 aromatic carbocycles. The SMILES string of the molecule is C=C[C@@H]1C[C@]1(NC(=O)[C@@H]1C[C@@H]2CN1C(=O)[C@H](C(C)C)NC(=O)CCCC/C=C/c1cccc3c1CN(C3)C(=O)O2)C(=O)NS(=O)(=O)C1CC1.C=C[C@@H]1C[C@]1(NC(=O)[C@@H]1C[C@@H]2CN1C(=O)[C@H](CC(F)(F)F)NC(=O)CCCC/C=C/c1cccc3c1CN(C3)C(=O)O2)C(=O)NS(=O)(=O)C1CC1.C=C[C@@H]1C[C@]1(NC(=O)[C@@H]1C[C@@H]2CN1C(=O)[C@H](CCCC)NC(=O)CCCC/C=C/c1cccc3c1CN(C3)C(=O)O2)C(=O)NS(=O)(=O)C1CC1. The number of ether oxygens (including phenoxy) is 3. The number of hydrogen-bond acceptors (Lipinski definition) is 24. The van der Waals surface area contributed by atoms with Crippen molar-refractivity contribution >= 4 is 137 Å². The Morgan fingerprint density at radius 3 is 1.06 bits per heavy atom. The monoisotopic (exact) mass is 2140 g/mol. The van der Waals surface area contributed by atoms with Gasteiger partial charge in [-0.05, 0) is 178 Å². The molecule has 3 saturated heterocycles. The molecular formula is C105H132F3N15O24S3. The van der Waals surface area contributed by atoms with Crippen LogP contribution in [0.4, 0.5) is 27.6 Å². The number of carbonyl (C=O) groups excluding carboxylic acids is 15. The first-order chi connectivity index (χ1) is 71.4. The van der Waals surface area contributed by atoms with Gasteiger partial charge in [0.15, 0.2) is 0 Å². The molecule has 15 aliphatic rings. The van der Waals surface area contributed by atoms with E-state index in [1.807, 2.05) is 90.5 Å². The summed E-state index contributed by atoms with van der Waals surface area (Å²) in [6, 6.07) is 9.76. The number of carbonyl (C=O) groups is 15. The molecule has 39 nitrogen and oxygen atoms in total. The van der Waals surface area contributed by atoms with E-state index in [9.17, 15) is 110 Å². The van der Waals surface area contributed by atoms with Gasteiger partial charge in [0.2, 0.25) is 83.2 Å². The molecule has 3 aromatic rings. The molecular weight excluding hydrogens is 2010 g/mol. The van der Waals surface area contributed by atoms with Crippen LogP contribution in [0.3, 0.4) is 0 Å². The van der Waals surface area contributed by atoms with E-state index in [0.717, 1.165) is 87.1 Å². The van der Waals surface area contributed by atoms with Gasteiger partial charge in [-0.15, -0.1) is 19.7 Å². The molecule has 0 unspecified atom stereocenters. The predicted molar refractivity (Wildman–Crippen MR) is 539 cm³/mol. The average molecular weight is 2140 g/mol. The zero-order valence-electron chi connectivity index (χ0n) is 84.3. The smallest absolute Gasteiger partial charge is 0.410 e. The molecule has 0 aromatic heterocycles. The normalized spacial score (nSPS) is 29.3. The summed E-state index contributed by atoms with van der Waals surface area (Å²) < 4.78 is 141. The maximum atomic E-state index is 14.2. The number of fused-ring (bicyclic) bond motifs is 9. The molecule has 150 heavy (non-hydrogen) atoms. The summed E-state index contributed by atoms with van der Waals surface area (Å²) in [6.45, 7) is 18.0. The lowest BCUT2D eigenvalue weighted by Crippen LogP contribution is -2.59. The van der Waals surface area contributed by atoms with Crippen LogP contribution in [0.5, 0.6) is 0 Å². The van der Waals surface area contributed by atoms with E-state index in [4.69, 9.17) is 14.2 Å². The Labute approximate surface area is 869 Å². The second kappa shape index (κ2) is 45.4. The summed E-state index contributed by atoms with van der Waals surface area (Å²) in [7, 11) is -11.8. The number of nitrogens with one attached hydrogen (secondary N) is 9. The van der Waals surface area contributed by atoms with Gasteiger partial charge in [-0.2, -0.15) is 13.2 Å². The topological polar surface area (TPSA) is 514 Å². The van der Waals surface area contributed by atoms with Crippen molar-refractivity contribution in [1.29, 1.82) is 0 Å². The Morgan fingerprint density at radius 2 is 0.760 bits per heavy atom. The number of sulfonamides is 3. The van der Waals surface area contributed by atoms with Crippen LogP contribution in [0.2, 0.25) is 0 Å².